The smallest absolute Gasteiger partial charge is 0.328 e. The molecule has 0 saturated carbocycles. The van der Waals surface area contributed by atoms with Gasteiger partial charge in [-0.3, -0.25) is 0 Å². The molecule has 0 amide bonds. The Hall–Kier alpha value is -1.88. The Kier molecular flexibility index (Phi) is 3.44. The summed E-state index contributed by atoms with van der Waals surface area (Å²) >= 11 is 3.45. The van der Waals surface area contributed by atoms with E-state index in [-0.39, 0.29) is 0 Å². The number of rotatable bonds is 2. The van der Waals surface area contributed by atoms with Gasteiger partial charge in [0, 0.05) is 10.5 Å². The predicted octanol–water partition coefficient (Wildman–Crippen LogP) is 3.44. The first-order valence-corrected chi connectivity index (χ1v) is 7.21. The van der Waals surface area contributed by atoms with Gasteiger partial charge in [0.2, 0.25) is 0 Å². The maximum Gasteiger partial charge on any atom is 0.328 e. The number of nitrogens with zero attached hydrogens (tertiary/aromatic N) is 2. The molecule has 2 aromatic rings. The summed E-state index contributed by atoms with van der Waals surface area (Å²) in [5.41, 5.74) is 3.82. The molecule has 1 aliphatic carbocycles. The number of aryl methyl sites for hydroxylation is 1. The summed E-state index contributed by atoms with van der Waals surface area (Å²) in [6, 6.07) is 7.83. The molecule has 0 atom stereocenters. The van der Waals surface area contributed by atoms with Gasteiger partial charge in [-0.1, -0.05) is 22.0 Å². The van der Waals surface area contributed by atoms with E-state index < -0.39 is 5.97 Å². The molecular formula is C15H13BrN2O2. The van der Waals surface area contributed by atoms with Gasteiger partial charge in [0.25, 0.3) is 0 Å². The van der Waals surface area contributed by atoms with Crippen molar-refractivity contribution in [2.24, 2.45) is 0 Å². The number of carbonyl (C=O) groups is 1. The van der Waals surface area contributed by atoms with Crippen molar-refractivity contribution in [3.05, 3.63) is 52.3 Å². The van der Waals surface area contributed by atoms with Crippen molar-refractivity contribution in [3.63, 3.8) is 0 Å². The monoisotopic (exact) mass is 332 g/mol. The lowest BCUT2D eigenvalue weighted by Gasteiger charge is -2.17. The van der Waals surface area contributed by atoms with Crippen molar-refractivity contribution in [2.45, 2.75) is 19.3 Å². The lowest BCUT2D eigenvalue weighted by molar-refractivity contribution is -0.131. The summed E-state index contributed by atoms with van der Waals surface area (Å²) in [6.45, 7) is 0. The molecule has 0 radical (unpaired) electrons. The quantitative estimate of drug-likeness (QED) is 0.857. The second-order valence-corrected chi connectivity index (χ2v) is 5.69. The zero-order valence-corrected chi connectivity index (χ0v) is 12.3. The molecule has 3 rings (SSSR count). The minimum atomic E-state index is -0.908. The van der Waals surface area contributed by atoms with Crippen molar-refractivity contribution in [2.75, 3.05) is 0 Å². The van der Waals surface area contributed by atoms with Gasteiger partial charge in [-0.15, -0.1) is 0 Å². The third-order valence-corrected chi connectivity index (χ3v) is 3.89. The normalized spacial score (nSPS) is 16.1. The Morgan fingerprint density at radius 1 is 1.40 bits per heavy atom. The van der Waals surface area contributed by atoms with E-state index in [4.69, 9.17) is 5.11 Å². The van der Waals surface area contributed by atoms with E-state index in [2.05, 4.69) is 21.0 Å². The van der Waals surface area contributed by atoms with E-state index in [9.17, 15) is 4.79 Å². The molecule has 20 heavy (non-hydrogen) atoms. The summed E-state index contributed by atoms with van der Waals surface area (Å²) in [5, 5.41) is 13.4. The first-order chi connectivity index (χ1) is 9.65. The molecule has 0 aliphatic heterocycles. The Bertz CT molecular complexity index is 704. The number of allylic oxidation sites excluding steroid dienone is 1. The highest BCUT2D eigenvalue weighted by Crippen LogP contribution is 2.32. The number of carboxylic acid groups (broad SMARTS) is 1. The highest BCUT2D eigenvalue weighted by molar-refractivity contribution is 9.10. The zero-order chi connectivity index (χ0) is 14.1. The van der Waals surface area contributed by atoms with Gasteiger partial charge in [0.15, 0.2) is 0 Å². The van der Waals surface area contributed by atoms with Crippen LogP contribution in [0.2, 0.25) is 0 Å². The van der Waals surface area contributed by atoms with Crippen LogP contribution in [-0.4, -0.2) is 20.9 Å². The number of fused-ring (bicyclic) bond motifs is 1. The van der Waals surface area contributed by atoms with E-state index in [0.717, 1.165) is 46.3 Å². The maximum absolute atomic E-state index is 11.0. The molecule has 1 heterocycles. The first kappa shape index (κ1) is 13.1. The lowest BCUT2D eigenvalue weighted by atomic mass is 9.92. The van der Waals surface area contributed by atoms with Gasteiger partial charge in [-0.2, -0.15) is 5.10 Å². The van der Waals surface area contributed by atoms with Crippen LogP contribution < -0.4 is 0 Å². The number of aromatic nitrogens is 2. The largest absolute Gasteiger partial charge is 0.478 e. The Labute approximate surface area is 124 Å². The second-order valence-electron chi connectivity index (χ2n) is 4.77. The maximum atomic E-state index is 11.0. The number of hydrogen-bond acceptors (Lipinski definition) is 2. The molecule has 0 spiro atoms. The standard InChI is InChI=1S/C15H13BrN2O2/c16-12-5-2-6-13(8-12)18-15-10(7-14(19)20)3-1-4-11(15)9-17-18/h2,5-9H,1,3-4H2,(H,19,20)/b10-7+. The van der Waals surface area contributed by atoms with E-state index in [0.29, 0.717) is 0 Å². The Morgan fingerprint density at radius 3 is 3.00 bits per heavy atom. The van der Waals surface area contributed by atoms with Crippen LogP contribution >= 0.6 is 15.9 Å². The summed E-state index contributed by atoms with van der Waals surface area (Å²) in [7, 11) is 0. The molecule has 4 nitrogen and oxygen atoms in total. The SMILES string of the molecule is O=C(O)/C=C1\CCCc2cnn(-c3cccc(Br)c3)c21. The fourth-order valence-electron chi connectivity index (χ4n) is 2.59. The van der Waals surface area contributed by atoms with Crippen LogP contribution in [0.25, 0.3) is 11.3 Å². The van der Waals surface area contributed by atoms with Gasteiger partial charge in [-0.05, 0) is 48.6 Å². The summed E-state index contributed by atoms with van der Waals surface area (Å²) < 4.78 is 2.80. The number of hydrogen-bond donors (Lipinski definition) is 1. The molecule has 1 aromatic carbocycles. The average molecular weight is 333 g/mol. The van der Waals surface area contributed by atoms with Crippen LogP contribution in [0.5, 0.6) is 0 Å². The Balaban J connectivity index is 2.16. The zero-order valence-electron chi connectivity index (χ0n) is 10.7. The highest BCUT2D eigenvalue weighted by atomic mass is 79.9. The van der Waals surface area contributed by atoms with Gasteiger partial charge < -0.3 is 5.11 Å². The first-order valence-electron chi connectivity index (χ1n) is 6.42. The molecule has 1 aromatic heterocycles. The van der Waals surface area contributed by atoms with Crippen molar-refractivity contribution < 1.29 is 9.90 Å². The third-order valence-electron chi connectivity index (χ3n) is 3.39. The molecule has 5 heteroatoms. The molecule has 1 aliphatic rings. The number of halogens is 1. The number of carboxylic acids is 1. The van der Waals surface area contributed by atoms with Gasteiger partial charge in [-0.25, -0.2) is 9.48 Å². The fourth-order valence-corrected chi connectivity index (χ4v) is 2.98. The molecule has 0 saturated heterocycles. The number of aliphatic carboxylic acids is 1. The highest BCUT2D eigenvalue weighted by Gasteiger charge is 2.21. The minimum Gasteiger partial charge on any atom is -0.478 e. The summed E-state index contributed by atoms with van der Waals surface area (Å²) in [6.07, 6.45) is 5.83. The lowest BCUT2D eigenvalue weighted by Crippen LogP contribution is -2.08. The van der Waals surface area contributed by atoms with Crippen molar-refractivity contribution in [1.82, 2.24) is 9.78 Å². The van der Waals surface area contributed by atoms with E-state index in [1.54, 1.807) is 0 Å². The van der Waals surface area contributed by atoms with Crippen molar-refractivity contribution in [1.29, 1.82) is 0 Å². The predicted molar refractivity (Wildman–Crippen MR) is 79.8 cm³/mol. The molecule has 0 bridgehead atoms. The minimum absolute atomic E-state index is 0.777. The van der Waals surface area contributed by atoms with Crippen LogP contribution in [0, 0.1) is 0 Å². The van der Waals surface area contributed by atoms with Crippen molar-refractivity contribution >= 4 is 27.5 Å². The Morgan fingerprint density at radius 2 is 2.25 bits per heavy atom. The van der Waals surface area contributed by atoms with Crippen LogP contribution in [0.1, 0.15) is 24.1 Å². The fraction of sp³-hybridized carbons (Fsp3) is 0.200. The molecule has 0 fully saturated rings. The van der Waals surface area contributed by atoms with Gasteiger partial charge in [0.05, 0.1) is 17.6 Å². The molecule has 0 unspecified atom stereocenters. The average Bonchev–Trinajstić information content (AvgIpc) is 2.83. The number of benzene rings is 1. The van der Waals surface area contributed by atoms with E-state index in [1.165, 1.54) is 6.08 Å². The topological polar surface area (TPSA) is 55.1 Å². The van der Waals surface area contributed by atoms with Crippen molar-refractivity contribution in [3.8, 4) is 5.69 Å². The van der Waals surface area contributed by atoms with Gasteiger partial charge in [0.1, 0.15) is 0 Å². The van der Waals surface area contributed by atoms with Crippen LogP contribution in [0.15, 0.2) is 41.0 Å². The molecule has 1 N–H and O–H groups in total. The van der Waals surface area contributed by atoms with Crippen LogP contribution in [-0.2, 0) is 11.2 Å². The summed E-state index contributed by atoms with van der Waals surface area (Å²) in [4.78, 5) is 11.0. The third kappa shape index (κ3) is 2.41. The molecular weight excluding hydrogens is 320 g/mol. The second kappa shape index (κ2) is 5.25. The summed E-state index contributed by atoms with van der Waals surface area (Å²) in [5.74, 6) is -0.908. The van der Waals surface area contributed by atoms with E-state index in [1.807, 2.05) is 35.1 Å². The van der Waals surface area contributed by atoms with Crippen LogP contribution in [0.3, 0.4) is 0 Å². The molecule has 102 valence electrons. The van der Waals surface area contributed by atoms with E-state index >= 15 is 0 Å². The van der Waals surface area contributed by atoms with Crippen LogP contribution in [0.4, 0.5) is 0 Å². The van der Waals surface area contributed by atoms with Gasteiger partial charge >= 0.3 is 5.97 Å².